The SMILES string of the molecule is CCCOCCOC(=O)C1=C(C)NC(C)=C(C(=O)OCOC(=O)C(C)C)C1c1ccccc1OC(F)F. The van der Waals surface area contributed by atoms with Crippen LogP contribution in [0.15, 0.2) is 46.8 Å². The first-order valence-corrected chi connectivity index (χ1v) is 11.9. The Morgan fingerprint density at radius 2 is 1.54 bits per heavy atom. The summed E-state index contributed by atoms with van der Waals surface area (Å²) in [5, 5.41) is 2.96. The molecule has 1 aliphatic heterocycles. The minimum absolute atomic E-state index is 0.0116. The van der Waals surface area contributed by atoms with E-state index in [9.17, 15) is 23.2 Å². The molecule has 1 unspecified atom stereocenters. The fourth-order valence-corrected chi connectivity index (χ4v) is 3.67. The van der Waals surface area contributed by atoms with Gasteiger partial charge in [-0.1, -0.05) is 39.0 Å². The van der Waals surface area contributed by atoms with Crippen molar-refractivity contribution in [2.45, 2.75) is 53.6 Å². The molecule has 1 atom stereocenters. The first-order chi connectivity index (χ1) is 17.6. The van der Waals surface area contributed by atoms with Gasteiger partial charge in [0.15, 0.2) is 0 Å². The molecule has 1 aromatic carbocycles. The number of para-hydroxylation sites is 1. The van der Waals surface area contributed by atoms with Crippen LogP contribution in [0.3, 0.4) is 0 Å². The number of nitrogens with one attached hydrogen (secondary N) is 1. The first-order valence-electron chi connectivity index (χ1n) is 11.9. The molecule has 9 nitrogen and oxygen atoms in total. The highest BCUT2D eigenvalue weighted by Gasteiger charge is 2.39. The lowest BCUT2D eigenvalue weighted by Gasteiger charge is -2.31. The highest BCUT2D eigenvalue weighted by atomic mass is 19.3. The minimum atomic E-state index is -3.14. The highest BCUT2D eigenvalue weighted by molar-refractivity contribution is 6.00. The average Bonchev–Trinajstić information content (AvgIpc) is 2.83. The third-order valence-corrected chi connectivity index (χ3v) is 5.32. The standard InChI is InChI=1S/C26H33F2NO8/c1-6-11-33-12-13-34-24(31)20-16(4)29-17(5)21(25(32)36-14-35-23(30)15(2)3)22(20)18-9-7-8-10-19(18)37-26(27)28/h7-10,15,22,26,29H,6,11-14H2,1-5H3. The van der Waals surface area contributed by atoms with Crippen LogP contribution in [0.2, 0.25) is 0 Å². The van der Waals surface area contributed by atoms with E-state index < -0.39 is 43.1 Å². The highest BCUT2D eigenvalue weighted by Crippen LogP contribution is 2.43. The number of benzene rings is 1. The Bertz CT molecular complexity index is 1040. The van der Waals surface area contributed by atoms with Crippen molar-refractivity contribution in [3.8, 4) is 5.75 Å². The van der Waals surface area contributed by atoms with Crippen molar-refractivity contribution in [2.24, 2.45) is 5.92 Å². The maximum Gasteiger partial charge on any atom is 0.387 e. The second-order valence-corrected chi connectivity index (χ2v) is 8.47. The fraction of sp³-hybridized carbons (Fsp3) is 0.500. The van der Waals surface area contributed by atoms with Gasteiger partial charge in [0.05, 0.1) is 29.6 Å². The van der Waals surface area contributed by atoms with E-state index in [1.165, 1.54) is 18.2 Å². The van der Waals surface area contributed by atoms with Crippen LogP contribution in [-0.4, -0.2) is 51.1 Å². The number of ether oxygens (including phenoxy) is 5. The van der Waals surface area contributed by atoms with Crippen LogP contribution in [0.4, 0.5) is 8.78 Å². The van der Waals surface area contributed by atoms with Gasteiger partial charge < -0.3 is 29.0 Å². The van der Waals surface area contributed by atoms with Gasteiger partial charge in [0.2, 0.25) is 6.79 Å². The Morgan fingerprint density at radius 3 is 2.14 bits per heavy atom. The molecule has 2 rings (SSSR count). The monoisotopic (exact) mass is 525 g/mol. The molecule has 0 spiro atoms. The molecule has 0 bridgehead atoms. The third-order valence-electron chi connectivity index (χ3n) is 5.32. The number of hydrogen-bond donors (Lipinski definition) is 1. The van der Waals surface area contributed by atoms with Gasteiger partial charge >= 0.3 is 24.5 Å². The number of allylic oxidation sites excluding steroid dienone is 2. The first kappa shape index (κ1) is 29.8. The quantitative estimate of drug-likeness (QED) is 0.230. The van der Waals surface area contributed by atoms with Gasteiger partial charge in [0, 0.05) is 23.6 Å². The Hall–Kier alpha value is -3.47. The summed E-state index contributed by atoms with van der Waals surface area (Å²) in [6, 6.07) is 5.83. The molecule has 0 aliphatic carbocycles. The van der Waals surface area contributed by atoms with Crippen LogP contribution in [-0.2, 0) is 33.3 Å². The predicted molar refractivity (Wildman–Crippen MR) is 128 cm³/mol. The number of rotatable bonds is 13. The van der Waals surface area contributed by atoms with E-state index in [4.69, 9.17) is 23.7 Å². The van der Waals surface area contributed by atoms with Gasteiger partial charge in [-0.2, -0.15) is 8.78 Å². The molecule has 0 aromatic heterocycles. The Balaban J connectivity index is 2.45. The normalized spacial score (nSPS) is 15.5. The molecule has 1 aliphatic rings. The summed E-state index contributed by atoms with van der Waals surface area (Å²) in [7, 11) is 0. The summed E-state index contributed by atoms with van der Waals surface area (Å²) in [5.41, 5.74) is 0.764. The molecule has 1 aromatic rings. The van der Waals surface area contributed by atoms with E-state index in [2.05, 4.69) is 5.32 Å². The summed E-state index contributed by atoms with van der Waals surface area (Å²) < 4.78 is 51.9. The molecular weight excluding hydrogens is 492 g/mol. The molecule has 0 saturated carbocycles. The van der Waals surface area contributed by atoms with E-state index in [-0.39, 0.29) is 35.7 Å². The van der Waals surface area contributed by atoms with Crippen molar-refractivity contribution < 1.29 is 46.8 Å². The fourth-order valence-electron chi connectivity index (χ4n) is 3.67. The average molecular weight is 526 g/mol. The number of alkyl halides is 2. The van der Waals surface area contributed by atoms with Crippen molar-refractivity contribution >= 4 is 17.9 Å². The second-order valence-electron chi connectivity index (χ2n) is 8.47. The molecule has 1 N–H and O–H groups in total. The van der Waals surface area contributed by atoms with E-state index in [1.54, 1.807) is 33.8 Å². The molecule has 0 radical (unpaired) electrons. The topological polar surface area (TPSA) is 109 Å². The van der Waals surface area contributed by atoms with Crippen molar-refractivity contribution in [3.05, 3.63) is 52.4 Å². The van der Waals surface area contributed by atoms with Crippen LogP contribution in [0.1, 0.15) is 52.5 Å². The van der Waals surface area contributed by atoms with Gasteiger partial charge in [-0.25, -0.2) is 9.59 Å². The van der Waals surface area contributed by atoms with Gasteiger partial charge in [0.1, 0.15) is 12.4 Å². The lowest BCUT2D eigenvalue weighted by atomic mass is 9.80. The lowest BCUT2D eigenvalue weighted by molar-refractivity contribution is -0.167. The Kier molecular flexibility index (Phi) is 11.5. The van der Waals surface area contributed by atoms with Crippen LogP contribution in [0.5, 0.6) is 5.75 Å². The van der Waals surface area contributed by atoms with E-state index >= 15 is 0 Å². The Morgan fingerprint density at radius 1 is 0.919 bits per heavy atom. The van der Waals surface area contributed by atoms with Gasteiger partial charge in [-0.3, -0.25) is 4.79 Å². The molecule has 0 saturated heterocycles. The molecule has 11 heteroatoms. The van der Waals surface area contributed by atoms with Crippen LogP contribution >= 0.6 is 0 Å². The summed E-state index contributed by atoms with van der Waals surface area (Å²) in [5.74, 6) is -4.09. The minimum Gasteiger partial charge on any atom is -0.460 e. The van der Waals surface area contributed by atoms with Crippen LogP contribution in [0, 0.1) is 5.92 Å². The number of dihydropyridines is 1. The van der Waals surface area contributed by atoms with Gasteiger partial charge in [0.25, 0.3) is 0 Å². The van der Waals surface area contributed by atoms with Crippen molar-refractivity contribution in [2.75, 3.05) is 26.6 Å². The smallest absolute Gasteiger partial charge is 0.387 e. The van der Waals surface area contributed by atoms with E-state index in [0.29, 0.717) is 18.0 Å². The molecule has 1 heterocycles. The summed E-state index contributed by atoms with van der Waals surface area (Å²) in [6.07, 6.45) is 0.799. The zero-order valence-corrected chi connectivity index (χ0v) is 21.6. The molecule has 0 fully saturated rings. The molecule has 37 heavy (non-hydrogen) atoms. The van der Waals surface area contributed by atoms with Crippen molar-refractivity contribution in [3.63, 3.8) is 0 Å². The number of carbonyl (C=O) groups is 3. The van der Waals surface area contributed by atoms with Crippen molar-refractivity contribution in [1.82, 2.24) is 5.32 Å². The second kappa shape index (κ2) is 14.3. The van der Waals surface area contributed by atoms with Crippen LogP contribution in [0.25, 0.3) is 0 Å². The van der Waals surface area contributed by atoms with Gasteiger partial charge in [-0.05, 0) is 26.3 Å². The number of halogens is 2. The lowest BCUT2D eigenvalue weighted by Crippen LogP contribution is -2.33. The number of esters is 3. The number of carbonyl (C=O) groups excluding carboxylic acids is 3. The summed E-state index contributed by atoms with van der Waals surface area (Å²) in [4.78, 5) is 38.1. The maximum atomic E-state index is 13.2. The predicted octanol–water partition coefficient (Wildman–Crippen LogP) is 4.19. The summed E-state index contributed by atoms with van der Waals surface area (Å²) >= 11 is 0. The zero-order chi connectivity index (χ0) is 27.5. The van der Waals surface area contributed by atoms with Crippen molar-refractivity contribution in [1.29, 1.82) is 0 Å². The van der Waals surface area contributed by atoms with E-state index in [0.717, 1.165) is 6.42 Å². The number of hydrogen-bond acceptors (Lipinski definition) is 9. The molecular formula is C26H33F2NO8. The zero-order valence-electron chi connectivity index (χ0n) is 21.6. The summed E-state index contributed by atoms with van der Waals surface area (Å²) in [6.45, 7) is 5.17. The molecule has 204 valence electrons. The van der Waals surface area contributed by atoms with Gasteiger partial charge in [-0.15, -0.1) is 0 Å². The third kappa shape index (κ3) is 8.28. The van der Waals surface area contributed by atoms with E-state index in [1.807, 2.05) is 6.92 Å². The van der Waals surface area contributed by atoms with Crippen LogP contribution < -0.4 is 10.1 Å². The Labute approximate surface area is 214 Å². The largest absolute Gasteiger partial charge is 0.460 e. The molecule has 0 amide bonds. The maximum absolute atomic E-state index is 13.2.